The van der Waals surface area contributed by atoms with Crippen molar-refractivity contribution >= 4 is 46.8 Å². The molecule has 0 aromatic heterocycles. The zero-order valence-corrected chi connectivity index (χ0v) is 42.1. The number of benzene rings is 7. The highest BCUT2D eigenvalue weighted by Gasteiger charge is 2.44. The van der Waals surface area contributed by atoms with E-state index in [2.05, 4.69) is 129 Å². The van der Waals surface area contributed by atoms with Crippen LogP contribution < -0.4 is 14.2 Å². The number of aryl methyl sites for hydroxylation is 1. The number of nitriles is 1. The molecule has 1 fully saturated rings. The second-order valence-corrected chi connectivity index (χ2v) is 20.2. The summed E-state index contributed by atoms with van der Waals surface area (Å²) in [6.45, 7) is 10.6. The molecule has 0 radical (unpaired) electrons. The Morgan fingerprint density at radius 3 is 1.70 bits per heavy atom. The van der Waals surface area contributed by atoms with E-state index in [-0.39, 0.29) is 31.0 Å². The first-order valence-electron chi connectivity index (χ1n) is 24.2. The number of hydrogen-bond acceptors (Lipinski definition) is 9. The van der Waals surface area contributed by atoms with E-state index in [9.17, 15) is 10.1 Å². The average Bonchev–Trinajstić information content (AvgIpc) is 3.38. The van der Waals surface area contributed by atoms with Crippen LogP contribution in [-0.4, -0.2) is 81.8 Å². The summed E-state index contributed by atoms with van der Waals surface area (Å²) in [6, 6.07) is 46.5. The van der Waals surface area contributed by atoms with Crippen molar-refractivity contribution in [3.8, 4) is 23.3 Å². The van der Waals surface area contributed by atoms with Crippen LogP contribution >= 0.6 is 8.53 Å². The van der Waals surface area contributed by atoms with Gasteiger partial charge in [-0.1, -0.05) is 91.0 Å². The van der Waals surface area contributed by atoms with Gasteiger partial charge in [0.2, 0.25) is 5.91 Å². The number of ether oxygens (including phenoxy) is 4. The predicted molar refractivity (Wildman–Crippen MR) is 277 cm³/mol. The fourth-order valence-corrected chi connectivity index (χ4v) is 11.9. The Hall–Kier alpha value is -5.79. The number of likely N-dealkylation sites (tertiary alicyclic amines) is 1. The molecule has 0 spiro atoms. The maximum absolute atomic E-state index is 14.2. The number of hydrogen-bond donors (Lipinski definition) is 0. The van der Waals surface area contributed by atoms with Gasteiger partial charge in [-0.05, 0) is 144 Å². The fourth-order valence-electron chi connectivity index (χ4n) is 10.2. The Balaban J connectivity index is 1.08. The lowest BCUT2D eigenvalue weighted by Crippen LogP contribution is -2.48. The minimum atomic E-state index is -1.53. The van der Waals surface area contributed by atoms with E-state index in [0.29, 0.717) is 45.6 Å². The third-order valence-electron chi connectivity index (χ3n) is 13.9. The Morgan fingerprint density at radius 2 is 1.19 bits per heavy atom. The molecule has 360 valence electrons. The molecule has 7 aromatic rings. The van der Waals surface area contributed by atoms with Gasteiger partial charge in [-0.15, -0.1) is 0 Å². The van der Waals surface area contributed by atoms with Crippen molar-refractivity contribution in [2.45, 2.75) is 83.9 Å². The molecule has 10 nitrogen and oxygen atoms in total. The zero-order chi connectivity index (χ0) is 48.5. The van der Waals surface area contributed by atoms with Crippen LogP contribution in [0, 0.1) is 16.7 Å². The molecule has 0 N–H and O–H groups in total. The molecule has 1 aliphatic heterocycles. The summed E-state index contributed by atoms with van der Waals surface area (Å²) in [7, 11) is 3.46. The number of rotatable bonds is 22. The van der Waals surface area contributed by atoms with Crippen LogP contribution in [0.2, 0.25) is 0 Å². The van der Waals surface area contributed by atoms with Gasteiger partial charge in [0.15, 0.2) is 0 Å². The van der Waals surface area contributed by atoms with E-state index < -0.39 is 19.5 Å². The van der Waals surface area contributed by atoms with Gasteiger partial charge < -0.3 is 32.9 Å². The average molecular weight is 948 g/mol. The number of piperidine rings is 1. The van der Waals surface area contributed by atoms with Crippen molar-refractivity contribution in [1.29, 1.82) is 5.26 Å². The molecule has 11 heteroatoms. The van der Waals surface area contributed by atoms with Gasteiger partial charge >= 0.3 is 0 Å². The first-order chi connectivity index (χ1) is 33.5. The van der Waals surface area contributed by atoms with Gasteiger partial charge in [-0.25, -0.2) is 4.67 Å². The maximum Gasteiger partial charge on any atom is 0.259 e. The van der Waals surface area contributed by atoms with Gasteiger partial charge in [-0.3, -0.25) is 4.79 Å². The Bertz CT molecular complexity index is 2680. The minimum Gasteiger partial charge on any atom is -0.497 e. The molecule has 0 saturated carbocycles. The molecule has 1 atom stereocenters. The van der Waals surface area contributed by atoms with Crippen LogP contribution in [0.25, 0.3) is 32.3 Å². The molecule has 1 aliphatic rings. The Labute approximate surface area is 409 Å². The zero-order valence-electron chi connectivity index (χ0n) is 41.2. The second-order valence-electron chi connectivity index (χ2n) is 18.8. The maximum atomic E-state index is 14.2. The quantitative estimate of drug-likeness (QED) is 0.0284. The number of carbonyl (C=O) groups is 1. The van der Waals surface area contributed by atoms with Gasteiger partial charge in [0.25, 0.3) is 8.53 Å². The molecular formula is C58H66N3O7P. The summed E-state index contributed by atoms with van der Waals surface area (Å²) in [6.07, 6.45) is 3.62. The number of nitrogens with zero attached hydrogens (tertiary/aromatic N) is 3. The van der Waals surface area contributed by atoms with E-state index in [1.165, 1.54) is 37.9 Å². The second kappa shape index (κ2) is 22.3. The minimum absolute atomic E-state index is 0.138. The molecule has 0 aliphatic carbocycles. The highest BCUT2D eigenvalue weighted by Crippen LogP contribution is 2.50. The van der Waals surface area contributed by atoms with Crippen molar-refractivity contribution < 1.29 is 32.8 Å². The SMILES string of the molecule is COc1ccc(C(OCC2(COP(OCCC#N)N(C(C)C)C(C)C)CCN(C(=O)CCCc3ccc4ccc5cccc6ccc3c4c56)CC2)(c2ccc(OC)cc2)c2ccc(OC)cc2)cc1. The molecule has 1 amide bonds. The first kappa shape index (κ1) is 49.6. The van der Waals surface area contributed by atoms with Crippen molar-refractivity contribution in [2.24, 2.45) is 5.41 Å². The number of carbonyl (C=O) groups excluding carboxylic acids is 1. The summed E-state index contributed by atoms with van der Waals surface area (Å²) in [5.74, 6) is 2.37. The summed E-state index contributed by atoms with van der Waals surface area (Å²) in [5, 5.41) is 17.1. The summed E-state index contributed by atoms with van der Waals surface area (Å²) in [4.78, 5) is 16.2. The summed E-state index contributed by atoms with van der Waals surface area (Å²) in [5.41, 5.74) is 2.42. The predicted octanol–water partition coefficient (Wildman–Crippen LogP) is 12.8. The van der Waals surface area contributed by atoms with E-state index in [1.807, 2.05) is 41.3 Å². The van der Waals surface area contributed by atoms with Gasteiger partial charge in [0, 0.05) is 37.0 Å². The lowest BCUT2D eigenvalue weighted by atomic mass is 9.77. The van der Waals surface area contributed by atoms with E-state index >= 15 is 0 Å². The molecule has 1 unspecified atom stereocenters. The topological polar surface area (TPSA) is 103 Å². The summed E-state index contributed by atoms with van der Waals surface area (Å²) >= 11 is 0. The lowest BCUT2D eigenvalue weighted by molar-refractivity contribution is -0.136. The van der Waals surface area contributed by atoms with Crippen molar-refractivity contribution in [2.75, 3.05) is 54.2 Å². The highest BCUT2D eigenvalue weighted by molar-refractivity contribution is 7.44. The molecule has 0 bridgehead atoms. The van der Waals surface area contributed by atoms with E-state index in [1.54, 1.807) is 21.3 Å². The Kier molecular flexibility index (Phi) is 16.0. The van der Waals surface area contributed by atoms with Gasteiger partial charge in [-0.2, -0.15) is 5.26 Å². The third kappa shape index (κ3) is 10.7. The van der Waals surface area contributed by atoms with Crippen LogP contribution in [0.5, 0.6) is 17.2 Å². The molecule has 69 heavy (non-hydrogen) atoms. The summed E-state index contributed by atoms with van der Waals surface area (Å²) < 4.78 is 40.2. The largest absolute Gasteiger partial charge is 0.497 e. The van der Waals surface area contributed by atoms with Crippen molar-refractivity contribution in [1.82, 2.24) is 9.57 Å². The van der Waals surface area contributed by atoms with Crippen LogP contribution in [0.3, 0.4) is 0 Å². The van der Waals surface area contributed by atoms with Crippen LogP contribution in [0.4, 0.5) is 0 Å². The number of methoxy groups -OCH3 is 3. The van der Waals surface area contributed by atoms with Gasteiger partial charge in [0.1, 0.15) is 22.8 Å². The molecule has 1 saturated heterocycles. The number of amides is 1. The smallest absolute Gasteiger partial charge is 0.259 e. The fraction of sp³-hybridized carbons (Fsp3) is 0.379. The molecule has 7 aromatic carbocycles. The molecule has 1 heterocycles. The standard InChI is InChI=1S/C58H66N3O7P/c1-41(2)61(42(3)4)69(67-38-10-35-59)68-40-57(39-66-58(47-20-26-50(63-5)27-21-47,48-22-28-51(64-6)29-23-48)49-24-30-52(65-7)31-25-49)33-36-60(37-34-57)54(62)14-9-11-43-15-16-46-18-17-44-12-8-13-45-19-32-53(43)56(46)55(44)45/h8,12-13,15-32,41-42H,9-11,14,33-34,36-40H2,1-7H3. The monoisotopic (exact) mass is 947 g/mol. The molecule has 8 rings (SSSR count). The normalized spacial score (nSPS) is 14.5. The molecular weight excluding hydrogens is 882 g/mol. The van der Waals surface area contributed by atoms with E-state index in [4.69, 9.17) is 28.0 Å². The van der Waals surface area contributed by atoms with Crippen LogP contribution in [-0.2, 0) is 30.6 Å². The van der Waals surface area contributed by atoms with Crippen LogP contribution in [0.15, 0.2) is 127 Å². The van der Waals surface area contributed by atoms with E-state index in [0.717, 1.165) is 46.8 Å². The Morgan fingerprint density at radius 1 is 0.681 bits per heavy atom. The van der Waals surface area contributed by atoms with Gasteiger partial charge in [0.05, 0.1) is 53.6 Å². The van der Waals surface area contributed by atoms with Crippen LogP contribution in [0.1, 0.15) is 82.1 Å². The van der Waals surface area contributed by atoms with Crippen molar-refractivity contribution in [3.05, 3.63) is 150 Å². The first-order valence-corrected chi connectivity index (χ1v) is 25.4. The third-order valence-corrected chi connectivity index (χ3v) is 15.9. The highest BCUT2D eigenvalue weighted by atomic mass is 31.2. The lowest BCUT2D eigenvalue weighted by Gasteiger charge is -2.46. The van der Waals surface area contributed by atoms with Crippen molar-refractivity contribution in [3.63, 3.8) is 0 Å².